The molecule has 0 saturated carbocycles. The Morgan fingerprint density at radius 1 is 1.56 bits per heavy atom. The highest BCUT2D eigenvalue weighted by Gasteiger charge is 1.83. The Kier molecular flexibility index (Phi) is 6.47. The van der Waals surface area contributed by atoms with Gasteiger partial charge in [-0.3, -0.25) is 0 Å². The lowest BCUT2D eigenvalue weighted by atomic mass is 10.5. The summed E-state index contributed by atoms with van der Waals surface area (Å²) in [5.74, 6) is 0. The third-order valence-electron chi connectivity index (χ3n) is 0.566. The summed E-state index contributed by atoms with van der Waals surface area (Å²) in [6.07, 6.45) is 1.93. The summed E-state index contributed by atoms with van der Waals surface area (Å²) >= 11 is 0. The molecule has 0 heterocycles. The number of hydrogen-bond acceptors (Lipinski definition) is 3. The fourth-order valence-electron chi connectivity index (χ4n) is 0.242. The molecule has 0 rings (SSSR count). The number of nitrogens with zero attached hydrogens (tertiary/aromatic N) is 1. The van der Waals surface area contributed by atoms with Crippen molar-refractivity contribution in [2.24, 2.45) is 0 Å². The van der Waals surface area contributed by atoms with E-state index in [9.17, 15) is 0 Å². The smallest absolute Gasteiger partial charge is 0.100 e. The molecule has 9 heavy (non-hydrogen) atoms. The highest BCUT2D eigenvalue weighted by molar-refractivity contribution is 4.66. The third-order valence-corrected chi connectivity index (χ3v) is 0.566. The molecule has 0 aliphatic heterocycles. The van der Waals surface area contributed by atoms with Crippen LogP contribution >= 0.6 is 0 Å². The van der Waals surface area contributed by atoms with E-state index in [0.717, 1.165) is 0 Å². The average molecular weight is 127 g/mol. The summed E-state index contributed by atoms with van der Waals surface area (Å²) in [5, 5.41) is 8.02. The van der Waals surface area contributed by atoms with Crippen LogP contribution in [0.5, 0.6) is 0 Å². The molecule has 50 valence electrons. The number of nitriles is 1. The van der Waals surface area contributed by atoms with Gasteiger partial charge in [0.05, 0.1) is 19.1 Å². The summed E-state index contributed by atoms with van der Waals surface area (Å²) in [6.45, 7) is 4.10. The van der Waals surface area contributed by atoms with Crippen molar-refractivity contribution in [2.45, 2.75) is 6.42 Å². The summed E-state index contributed by atoms with van der Waals surface area (Å²) in [6, 6.07) is 1.91. The van der Waals surface area contributed by atoms with Gasteiger partial charge >= 0.3 is 0 Å². The highest BCUT2D eigenvalue weighted by Crippen LogP contribution is 1.81. The van der Waals surface area contributed by atoms with Crippen molar-refractivity contribution in [3.8, 4) is 6.07 Å². The zero-order valence-corrected chi connectivity index (χ0v) is 5.17. The molecule has 0 unspecified atom stereocenters. The molecule has 0 spiro atoms. The average Bonchev–Trinajstić information content (AvgIpc) is 1.89. The van der Waals surface area contributed by atoms with Gasteiger partial charge in [0.2, 0.25) is 0 Å². The molecule has 0 N–H and O–H groups in total. The SMILES string of the molecule is C=CCOOCCC#N. The van der Waals surface area contributed by atoms with E-state index < -0.39 is 0 Å². The normalized spacial score (nSPS) is 8.33. The molecule has 0 radical (unpaired) electrons. The van der Waals surface area contributed by atoms with Crippen LogP contribution in [0.3, 0.4) is 0 Å². The minimum atomic E-state index is 0.324. The van der Waals surface area contributed by atoms with E-state index in [0.29, 0.717) is 19.6 Å². The van der Waals surface area contributed by atoms with Crippen LogP contribution in [-0.2, 0) is 9.78 Å². The maximum Gasteiger partial charge on any atom is 0.100 e. The van der Waals surface area contributed by atoms with Crippen LogP contribution in [0.4, 0.5) is 0 Å². The minimum absolute atomic E-state index is 0.324. The van der Waals surface area contributed by atoms with E-state index in [1.165, 1.54) is 0 Å². The molecular weight excluding hydrogens is 118 g/mol. The molecule has 3 heteroatoms. The first-order chi connectivity index (χ1) is 4.41. The van der Waals surface area contributed by atoms with E-state index in [2.05, 4.69) is 16.4 Å². The van der Waals surface area contributed by atoms with Crippen LogP contribution in [-0.4, -0.2) is 13.2 Å². The van der Waals surface area contributed by atoms with Crippen molar-refractivity contribution in [1.82, 2.24) is 0 Å². The molecule has 0 aliphatic carbocycles. The van der Waals surface area contributed by atoms with E-state index in [1.807, 2.05) is 6.07 Å². The van der Waals surface area contributed by atoms with Gasteiger partial charge < -0.3 is 0 Å². The van der Waals surface area contributed by atoms with Crippen LogP contribution in [0.25, 0.3) is 0 Å². The second-order valence-corrected chi connectivity index (χ2v) is 1.30. The second kappa shape index (κ2) is 7.15. The molecule has 0 aromatic carbocycles. The van der Waals surface area contributed by atoms with Gasteiger partial charge in [0, 0.05) is 0 Å². The standard InChI is InChI=1S/C6H9NO2/c1-2-5-8-9-6-3-4-7/h2H,1,3,5-6H2. The quantitative estimate of drug-likeness (QED) is 0.240. The van der Waals surface area contributed by atoms with Gasteiger partial charge in [-0.1, -0.05) is 6.08 Å². The molecule has 0 aromatic heterocycles. The van der Waals surface area contributed by atoms with Gasteiger partial charge in [-0.05, 0) is 0 Å². The van der Waals surface area contributed by atoms with E-state index in [4.69, 9.17) is 5.26 Å². The van der Waals surface area contributed by atoms with Crippen LogP contribution in [0.15, 0.2) is 12.7 Å². The molecule has 0 bridgehead atoms. The van der Waals surface area contributed by atoms with Crippen LogP contribution in [0.1, 0.15) is 6.42 Å². The van der Waals surface area contributed by atoms with E-state index in [-0.39, 0.29) is 0 Å². The van der Waals surface area contributed by atoms with Crippen molar-refractivity contribution in [2.75, 3.05) is 13.2 Å². The molecule has 0 saturated heterocycles. The van der Waals surface area contributed by atoms with Gasteiger partial charge in [-0.2, -0.15) is 5.26 Å². The molecule has 0 aliphatic rings. The van der Waals surface area contributed by atoms with Crippen molar-refractivity contribution in [3.05, 3.63) is 12.7 Å². The van der Waals surface area contributed by atoms with Crippen LogP contribution in [0, 0.1) is 11.3 Å². The summed E-state index contributed by atoms with van der Waals surface area (Å²) in [7, 11) is 0. The fourth-order valence-corrected chi connectivity index (χ4v) is 0.242. The van der Waals surface area contributed by atoms with Crippen molar-refractivity contribution in [3.63, 3.8) is 0 Å². The molecule has 3 nitrogen and oxygen atoms in total. The fraction of sp³-hybridized carbons (Fsp3) is 0.500. The topological polar surface area (TPSA) is 42.2 Å². The van der Waals surface area contributed by atoms with E-state index in [1.54, 1.807) is 6.08 Å². The maximum atomic E-state index is 8.02. The Morgan fingerprint density at radius 3 is 2.89 bits per heavy atom. The summed E-state index contributed by atoms with van der Waals surface area (Å²) < 4.78 is 0. The molecule has 0 fully saturated rings. The van der Waals surface area contributed by atoms with Crippen molar-refractivity contribution < 1.29 is 9.78 Å². The molecule has 0 amide bonds. The lowest BCUT2D eigenvalue weighted by Gasteiger charge is -1.95. The second-order valence-electron chi connectivity index (χ2n) is 1.30. The molecular formula is C6H9NO2. The summed E-state index contributed by atoms with van der Waals surface area (Å²) in [5.41, 5.74) is 0. The maximum absolute atomic E-state index is 8.02. The Labute approximate surface area is 54.4 Å². The van der Waals surface area contributed by atoms with Gasteiger partial charge in [0.1, 0.15) is 6.61 Å². The zero-order chi connectivity index (χ0) is 6.95. The van der Waals surface area contributed by atoms with Gasteiger partial charge in [0.15, 0.2) is 0 Å². The zero-order valence-electron chi connectivity index (χ0n) is 5.17. The first kappa shape index (κ1) is 8.15. The first-order valence-corrected chi connectivity index (χ1v) is 2.64. The van der Waals surface area contributed by atoms with Crippen LogP contribution in [0.2, 0.25) is 0 Å². The molecule has 0 aromatic rings. The molecule has 0 atom stereocenters. The van der Waals surface area contributed by atoms with Gasteiger partial charge in [0.25, 0.3) is 0 Å². The van der Waals surface area contributed by atoms with Gasteiger partial charge in [-0.25, -0.2) is 9.78 Å². The Balaban J connectivity index is 2.76. The van der Waals surface area contributed by atoms with E-state index >= 15 is 0 Å². The van der Waals surface area contributed by atoms with Crippen molar-refractivity contribution in [1.29, 1.82) is 5.26 Å². The summed E-state index contributed by atoms with van der Waals surface area (Å²) in [4.78, 5) is 9.04. The lowest BCUT2D eigenvalue weighted by molar-refractivity contribution is -0.284. The minimum Gasteiger partial charge on any atom is -0.235 e. The van der Waals surface area contributed by atoms with Crippen LogP contribution < -0.4 is 0 Å². The monoisotopic (exact) mass is 127 g/mol. The number of hydrogen-bond donors (Lipinski definition) is 0. The highest BCUT2D eigenvalue weighted by atomic mass is 17.2. The Bertz CT molecular complexity index is 106. The van der Waals surface area contributed by atoms with Gasteiger partial charge in [-0.15, -0.1) is 6.58 Å². The first-order valence-electron chi connectivity index (χ1n) is 2.64. The predicted molar refractivity (Wildman–Crippen MR) is 32.3 cm³/mol. The largest absolute Gasteiger partial charge is 0.235 e. The Morgan fingerprint density at radius 2 is 2.33 bits per heavy atom. The Hall–Kier alpha value is -0.850. The predicted octanol–water partition coefficient (Wildman–Crippen LogP) is 1.03. The van der Waals surface area contributed by atoms with Crippen molar-refractivity contribution >= 4 is 0 Å². The lowest BCUT2D eigenvalue weighted by Crippen LogP contribution is -1.94. The third kappa shape index (κ3) is 7.15. The number of rotatable bonds is 5.